The Balaban J connectivity index is 2.09. The molecular formula is C14H20N2O3S. The van der Waals surface area contributed by atoms with Crippen molar-refractivity contribution in [2.75, 3.05) is 23.4 Å². The highest BCUT2D eigenvalue weighted by molar-refractivity contribution is 7.91. The fourth-order valence-corrected chi connectivity index (χ4v) is 4.22. The van der Waals surface area contributed by atoms with Gasteiger partial charge in [0.25, 0.3) is 0 Å². The number of anilines is 1. The molecular weight excluding hydrogens is 276 g/mol. The number of amides is 2. The van der Waals surface area contributed by atoms with Crippen LogP contribution in [-0.2, 0) is 9.84 Å². The first-order chi connectivity index (χ1) is 9.43. The average Bonchev–Trinajstić information content (AvgIpc) is 2.73. The lowest BCUT2D eigenvalue weighted by Gasteiger charge is -2.27. The standard InChI is InChI=1S/C14H20N2O3S/c1-3-16(12-8-9-20(18,19)10-12)14(17)15-13-7-5-4-6-11(13)2/h4-7,12H,3,8-10H2,1-2H3,(H,15,17). The number of nitrogens with zero attached hydrogens (tertiary/aromatic N) is 1. The van der Waals surface area contributed by atoms with Crippen LogP contribution in [0.1, 0.15) is 18.9 Å². The molecule has 2 rings (SSSR count). The summed E-state index contributed by atoms with van der Waals surface area (Å²) < 4.78 is 23.1. The summed E-state index contributed by atoms with van der Waals surface area (Å²) in [5.74, 6) is 0.244. The Bertz CT molecular complexity index is 598. The van der Waals surface area contributed by atoms with E-state index in [1.54, 1.807) is 4.90 Å². The van der Waals surface area contributed by atoms with E-state index < -0.39 is 9.84 Å². The predicted octanol–water partition coefficient (Wildman–Crippen LogP) is 2.04. The molecule has 1 N–H and O–H groups in total. The van der Waals surface area contributed by atoms with Gasteiger partial charge in [-0.3, -0.25) is 0 Å². The molecule has 20 heavy (non-hydrogen) atoms. The second kappa shape index (κ2) is 5.83. The second-order valence-corrected chi connectivity index (χ2v) is 7.32. The number of sulfone groups is 1. The summed E-state index contributed by atoms with van der Waals surface area (Å²) >= 11 is 0. The Morgan fingerprint density at radius 2 is 2.10 bits per heavy atom. The monoisotopic (exact) mass is 296 g/mol. The van der Waals surface area contributed by atoms with E-state index in [1.807, 2.05) is 38.1 Å². The highest BCUT2D eigenvalue weighted by Crippen LogP contribution is 2.20. The third-order valence-corrected chi connectivity index (χ3v) is 5.39. The van der Waals surface area contributed by atoms with Crippen LogP contribution in [0.3, 0.4) is 0 Å². The van der Waals surface area contributed by atoms with Crippen LogP contribution in [0.5, 0.6) is 0 Å². The topological polar surface area (TPSA) is 66.5 Å². The number of hydrogen-bond donors (Lipinski definition) is 1. The van der Waals surface area contributed by atoms with E-state index in [0.29, 0.717) is 13.0 Å². The Morgan fingerprint density at radius 3 is 2.65 bits per heavy atom. The number of aryl methyl sites for hydroxylation is 1. The molecule has 2 amide bonds. The largest absolute Gasteiger partial charge is 0.322 e. The predicted molar refractivity (Wildman–Crippen MR) is 79.6 cm³/mol. The van der Waals surface area contributed by atoms with E-state index in [4.69, 9.17) is 0 Å². The van der Waals surface area contributed by atoms with Crippen LogP contribution in [-0.4, -0.2) is 43.4 Å². The van der Waals surface area contributed by atoms with Crippen LogP contribution >= 0.6 is 0 Å². The van der Waals surface area contributed by atoms with Gasteiger partial charge in [-0.1, -0.05) is 18.2 Å². The molecule has 1 saturated heterocycles. The lowest BCUT2D eigenvalue weighted by molar-refractivity contribution is 0.197. The molecule has 1 aliphatic heterocycles. The number of benzene rings is 1. The fourth-order valence-electron chi connectivity index (χ4n) is 2.49. The summed E-state index contributed by atoms with van der Waals surface area (Å²) in [6, 6.07) is 7.08. The summed E-state index contributed by atoms with van der Waals surface area (Å²) in [5.41, 5.74) is 1.74. The van der Waals surface area contributed by atoms with E-state index in [1.165, 1.54) is 0 Å². The van der Waals surface area contributed by atoms with Gasteiger partial charge in [-0.05, 0) is 31.9 Å². The molecule has 0 spiro atoms. The summed E-state index contributed by atoms with van der Waals surface area (Å²) in [5, 5.41) is 2.86. The van der Waals surface area contributed by atoms with Crippen molar-refractivity contribution in [3.8, 4) is 0 Å². The van der Waals surface area contributed by atoms with Crippen molar-refractivity contribution in [1.29, 1.82) is 0 Å². The maximum absolute atomic E-state index is 12.3. The van der Waals surface area contributed by atoms with Crippen molar-refractivity contribution in [2.24, 2.45) is 0 Å². The summed E-state index contributed by atoms with van der Waals surface area (Å²) in [6.45, 7) is 4.28. The maximum atomic E-state index is 12.3. The second-order valence-electron chi connectivity index (χ2n) is 5.09. The number of para-hydroxylation sites is 1. The smallest absolute Gasteiger partial charge is 0.321 e. The Labute approximate surface area is 119 Å². The van der Waals surface area contributed by atoms with E-state index >= 15 is 0 Å². The van der Waals surface area contributed by atoms with Crippen LogP contribution in [0.2, 0.25) is 0 Å². The van der Waals surface area contributed by atoms with Gasteiger partial charge >= 0.3 is 6.03 Å². The van der Waals surface area contributed by atoms with Gasteiger partial charge < -0.3 is 10.2 Å². The molecule has 1 atom stereocenters. The molecule has 1 fully saturated rings. The Kier molecular flexibility index (Phi) is 4.32. The zero-order chi connectivity index (χ0) is 14.8. The molecule has 0 aliphatic carbocycles. The van der Waals surface area contributed by atoms with Crippen LogP contribution in [0, 0.1) is 6.92 Å². The van der Waals surface area contributed by atoms with Crippen molar-refractivity contribution < 1.29 is 13.2 Å². The van der Waals surface area contributed by atoms with Crippen LogP contribution in [0.4, 0.5) is 10.5 Å². The molecule has 1 heterocycles. The molecule has 1 unspecified atom stereocenters. The zero-order valence-corrected chi connectivity index (χ0v) is 12.6. The average molecular weight is 296 g/mol. The van der Waals surface area contributed by atoms with E-state index in [0.717, 1.165) is 11.3 Å². The first kappa shape index (κ1) is 14.8. The number of urea groups is 1. The molecule has 0 aromatic heterocycles. The van der Waals surface area contributed by atoms with Gasteiger partial charge in [-0.15, -0.1) is 0 Å². The number of carbonyl (C=O) groups excluding carboxylic acids is 1. The highest BCUT2D eigenvalue weighted by atomic mass is 32.2. The molecule has 1 aliphatic rings. The molecule has 6 heteroatoms. The minimum atomic E-state index is -2.99. The van der Waals surface area contributed by atoms with Crippen LogP contribution < -0.4 is 5.32 Å². The highest BCUT2D eigenvalue weighted by Gasteiger charge is 2.33. The van der Waals surface area contributed by atoms with Crippen molar-refractivity contribution in [2.45, 2.75) is 26.3 Å². The summed E-state index contributed by atoms with van der Waals surface area (Å²) in [6.07, 6.45) is 0.525. The normalized spacial score (nSPS) is 20.6. The minimum absolute atomic E-state index is 0.0715. The van der Waals surface area contributed by atoms with Crippen molar-refractivity contribution in [3.63, 3.8) is 0 Å². The number of carbonyl (C=O) groups is 1. The van der Waals surface area contributed by atoms with Crippen LogP contribution in [0.25, 0.3) is 0 Å². The summed E-state index contributed by atoms with van der Waals surface area (Å²) in [4.78, 5) is 13.9. The maximum Gasteiger partial charge on any atom is 0.322 e. The fraction of sp³-hybridized carbons (Fsp3) is 0.500. The van der Waals surface area contributed by atoms with Gasteiger partial charge in [0.05, 0.1) is 11.5 Å². The van der Waals surface area contributed by atoms with Gasteiger partial charge in [-0.25, -0.2) is 13.2 Å². The lowest BCUT2D eigenvalue weighted by atomic mass is 10.2. The molecule has 110 valence electrons. The van der Waals surface area contributed by atoms with Gasteiger partial charge in [0.15, 0.2) is 9.84 Å². The van der Waals surface area contributed by atoms with Crippen LogP contribution in [0.15, 0.2) is 24.3 Å². The van der Waals surface area contributed by atoms with Gasteiger partial charge in [0.1, 0.15) is 0 Å². The summed E-state index contributed by atoms with van der Waals surface area (Å²) in [7, 11) is -2.99. The third kappa shape index (κ3) is 3.30. The quantitative estimate of drug-likeness (QED) is 0.928. The molecule has 5 nitrogen and oxygen atoms in total. The lowest BCUT2D eigenvalue weighted by Crippen LogP contribution is -2.43. The van der Waals surface area contributed by atoms with E-state index in [2.05, 4.69) is 5.32 Å². The number of hydrogen-bond acceptors (Lipinski definition) is 3. The Morgan fingerprint density at radius 1 is 1.40 bits per heavy atom. The third-order valence-electron chi connectivity index (χ3n) is 3.64. The van der Waals surface area contributed by atoms with E-state index in [-0.39, 0.29) is 23.6 Å². The van der Waals surface area contributed by atoms with E-state index in [9.17, 15) is 13.2 Å². The van der Waals surface area contributed by atoms with Gasteiger partial charge in [0.2, 0.25) is 0 Å². The molecule has 1 aromatic carbocycles. The Hall–Kier alpha value is -1.56. The SMILES string of the molecule is CCN(C(=O)Nc1ccccc1C)C1CCS(=O)(=O)C1. The number of nitrogens with one attached hydrogen (secondary N) is 1. The molecule has 0 radical (unpaired) electrons. The van der Waals surface area contributed by atoms with Gasteiger partial charge in [-0.2, -0.15) is 0 Å². The molecule has 0 bridgehead atoms. The first-order valence-electron chi connectivity index (χ1n) is 6.76. The number of rotatable bonds is 3. The first-order valence-corrected chi connectivity index (χ1v) is 8.59. The van der Waals surface area contributed by atoms with Crippen molar-refractivity contribution >= 4 is 21.6 Å². The van der Waals surface area contributed by atoms with Crippen molar-refractivity contribution in [1.82, 2.24) is 4.90 Å². The minimum Gasteiger partial charge on any atom is -0.321 e. The van der Waals surface area contributed by atoms with Gasteiger partial charge in [0, 0.05) is 18.3 Å². The van der Waals surface area contributed by atoms with Crippen molar-refractivity contribution in [3.05, 3.63) is 29.8 Å². The zero-order valence-electron chi connectivity index (χ0n) is 11.8. The molecule has 1 aromatic rings. The molecule has 0 saturated carbocycles.